The molecule has 1 heterocycles. The lowest BCUT2D eigenvalue weighted by atomic mass is 10.1. The molecule has 86 valence electrons. The number of hydrogen-bond donors (Lipinski definition) is 1. The van der Waals surface area contributed by atoms with Gasteiger partial charge >= 0.3 is 5.97 Å². The number of benzene rings is 1. The molecule has 0 saturated heterocycles. The smallest absolute Gasteiger partial charge is 0.339 e. The minimum atomic E-state index is -1.01. The zero-order chi connectivity index (χ0) is 12.3. The summed E-state index contributed by atoms with van der Waals surface area (Å²) in [6.45, 7) is 1.94. The summed E-state index contributed by atoms with van der Waals surface area (Å²) in [5, 5.41) is 9.11. The predicted molar refractivity (Wildman–Crippen MR) is 63.8 cm³/mol. The zero-order valence-corrected chi connectivity index (χ0v) is 9.42. The van der Waals surface area contributed by atoms with Gasteiger partial charge in [-0.2, -0.15) is 0 Å². The molecule has 1 aromatic carbocycles. The standard InChI is InChI=1S/C13H12N2O2/c1-2-11-14-8-10(13(16)17)12(15-11)9-6-4-3-5-7-9/h3-8H,2H2,1H3,(H,16,17). The lowest BCUT2D eigenvalue weighted by molar-refractivity contribution is 0.0697. The summed E-state index contributed by atoms with van der Waals surface area (Å²) >= 11 is 0. The third-order valence-corrected chi connectivity index (χ3v) is 2.43. The summed E-state index contributed by atoms with van der Waals surface area (Å²) in [7, 11) is 0. The van der Waals surface area contributed by atoms with Gasteiger partial charge in [-0.25, -0.2) is 14.8 Å². The number of aromatic carboxylic acids is 1. The van der Waals surface area contributed by atoms with Crippen LogP contribution in [0.3, 0.4) is 0 Å². The maximum atomic E-state index is 11.1. The fraction of sp³-hybridized carbons (Fsp3) is 0.154. The van der Waals surface area contributed by atoms with Crippen LogP contribution in [0, 0.1) is 0 Å². The van der Waals surface area contributed by atoms with Crippen molar-refractivity contribution in [2.75, 3.05) is 0 Å². The quantitative estimate of drug-likeness (QED) is 0.876. The number of aromatic nitrogens is 2. The first-order valence-electron chi connectivity index (χ1n) is 5.37. The van der Waals surface area contributed by atoms with Crippen LogP contribution in [0.5, 0.6) is 0 Å². The number of rotatable bonds is 3. The molecule has 1 N–H and O–H groups in total. The summed E-state index contributed by atoms with van der Waals surface area (Å²) < 4.78 is 0. The van der Waals surface area contributed by atoms with Gasteiger partial charge in [0.25, 0.3) is 0 Å². The van der Waals surface area contributed by atoms with Crippen LogP contribution in [0.2, 0.25) is 0 Å². The minimum Gasteiger partial charge on any atom is -0.478 e. The fourth-order valence-corrected chi connectivity index (χ4v) is 1.56. The molecule has 0 radical (unpaired) electrons. The third kappa shape index (κ3) is 2.30. The van der Waals surface area contributed by atoms with Crippen molar-refractivity contribution in [3.8, 4) is 11.3 Å². The van der Waals surface area contributed by atoms with E-state index in [1.807, 2.05) is 37.3 Å². The van der Waals surface area contributed by atoms with Crippen molar-refractivity contribution in [2.45, 2.75) is 13.3 Å². The molecule has 0 aliphatic carbocycles. The molecule has 0 aliphatic rings. The number of aryl methyl sites for hydroxylation is 1. The Bertz CT molecular complexity index is 538. The number of carbonyl (C=O) groups is 1. The number of carboxylic acid groups (broad SMARTS) is 1. The minimum absolute atomic E-state index is 0.133. The Morgan fingerprint density at radius 1 is 1.29 bits per heavy atom. The highest BCUT2D eigenvalue weighted by Gasteiger charge is 2.14. The van der Waals surface area contributed by atoms with Crippen LogP contribution in [-0.2, 0) is 6.42 Å². The van der Waals surface area contributed by atoms with E-state index in [0.29, 0.717) is 17.9 Å². The normalized spacial score (nSPS) is 10.2. The van der Waals surface area contributed by atoms with Gasteiger partial charge in [0.1, 0.15) is 11.4 Å². The van der Waals surface area contributed by atoms with Crippen LogP contribution in [0.25, 0.3) is 11.3 Å². The molecule has 4 heteroatoms. The van der Waals surface area contributed by atoms with Gasteiger partial charge < -0.3 is 5.11 Å². The number of nitrogens with zero attached hydrogens (tertiary/aromatic N) is 2. The van der Waals surface area contributed by atoms with Crippen molar-refractivity contribution in [3.05, 3.63) is 47.9 Å². The molecule has 0 spiro atoms. The molecule has 1 aromatic heterocycles. The molecule has 0 bridgehead atoms. The average Bonchev–Trinajstić information content (AvgIpc) is 2.39. The highest BCUT2D eigenvalue weighted by Crippen LogP contribution is 2.20. The fourth-order valence-electron chi connectivity index (χ4n) is 1.56. The van der Waals surface area contributed by atoms with Crippen molar-refractivity contribution in [1.82, 2.24) is 9.97 Å². The van der Waals surface area contributed by atoms with E-state index in [0.717, 1.165) is 5.56 Å². The summed E-state index contributed by atoms with van der Waals surface area (Å²) in [4.78, 5) is 19.4. The lowest BCUT2D eigenvalue weighted by Crippen LogP contribution is -2.05. The average molecular weight is 228 g/mol. The molecule has 0 saturated carbocycles. The van der Waals surface area contributed by atoms with E-state index in [2.05, 4.69) is 9.97 Å². The first kappa shape index (κ1) is 11.3. The van der Waals surface area contributed by atoms with Gasteiger partial charge in [-0.05, 0) is 0 Å². The Balaban J connectivity index is 2.61. The second kappa shape index (κ2) is 4.74. The Morgan fingerprint density at radius 2 is 2.00 bits per heavy atom. The van der Waals surface area contributed by atoms with E-state index in [1.54, 1.807) is 0 Å². The number of carboxylic acids is 1. The molecule has 0 unspecified atom stereocenters. The molecular formula is C13H12N2O2. The molecule has 0 aliphatic heterocycles. The van der Waals surface area contributed by atoms with E-state index in [9.17, 15) is 4.79 Å². The summed E-state index contributed by atoms with van der Waals surface area (Å²) in [5.74, 6) is -0.361. The third-order valence-electron chi connectivity index (χ3n) is 2.43. The molecule has 2 aromatic rings. The van der Waals surface area contributed by atoms with E-state index in [1.165, 1.54) is 6.20 Å². The molecule has 4 nitrogen and oxygen atoms in total. The second-order valence-electron chi connectivity index (χ2n) is 3.57. The van der Waals surface area contributed by atoms with Crippen LogP contribution in [-0.4, -0.2) is 21.0 Å². The Morgan fingerprint density at radius 3 is 2.59 bits per heavy atom. The molecule has 0 fully saturated rings. The van der Waals surface area contributed by atoms with Crippen LogP contribution in [0.1, 0.15) is 23.1 Å². The Hall–Kier alpha value is -2.23. The van der Waals surface area contributed by atoms with E-state index in [4.69, 9.17) is 5.11 Å². The summed E-state index contributed by atoms with van der Waals surface area (Å²) in [6, 6.07) is 9.28. The van der Waals surface area contributed by atoms with Gasteiger partial charge in [0.2, 0.25) is 0 Å². The van der Waals surface area contributed by atoms with Crippen LogP contribution in [0.4, 0.5) is 0 Å². The highest BCUT2D eigenvalue weighted by molar-refractivity contribution is 5.94. The van der Waals surface area contributed by atoms with Crippen LogP contribution in [0.15, 0.2) is 36.5 Å². The summed E-state index contributed by atoms with van der Waals surface area (Å²) in [5.41, 5.74) is 1.40. The Labute approximate surface area is 99.0 Å². The summed E-state index contributed by atoms with van der Waals surface area (Å²) in [6.07, 6.45) is 2.05. The number of hydrogen-bond acceptors (Lipinski definition) is 3. The van der Waals surface area contributed by atoms with Crippen LogP contribution < -0.4 is 0 Å². The van der Waals surface area contributed by atoms with Crippen molar-refractivity contribution in [1.29, 1.82) is 0 Å². The topological polar surface area (TPSA) is 63.1 Å². The van der Waals surface area contributed by atoms with E-state index in [-0.39, 0.29) is 5.56 Å². The largest absolute Gasteiger partial charge is 0.478 e. The maximum absolute atomic E-state index is 11.1. The molecule has 2 rings (SSSR count). The maximum Gasteiger partial charge on any atom is 0.339 e. The van der Waals surface area contributed by atoms with E-state index < -0.39 is 5.97 Å². The van der Waals surface area contributed by atoms with Gasteiger partial charge in [0, 0.05) is 18.2 Å². The van der Waals surface area contributed by atoms with Crippen molar-refractivity contribution in [3.63, 3.8) is 0 Å². The monoisotopic (exact) mass is 228 g/mol. The first-order valence-corrected chi connectivity index (χ1v) is 5.37. The van der Waals surface area contributed by atoms with Crippen LogP contribution >= 0.6 is 0 Å². The van der Waals surface area contributed by atoms with Gasteiger partial charge in [-0.3, -0.25) is 0 Å². The SMILES string of the molecule is CCc1ncc(C(=O)O)c(-c2ccccc2)n1. The van der Waals surface area contributed by atoms with Crippen molar-refractivity contribution < 1.29 is 9.90 Å². The Kier molecular flexibility index (Phi) is 3.14. The van der Waals surface area contributed by atoms with Crippen molar-refractivity contribution in [2.24, 2.45) is 0 Å². The molecule has 0 amide bonds. The van der Waals surface area contributed by atoms with E-state index >= 15 is 0 Å². The van der Waals surface area contributed by atoms with Gasteiger partial charge in [-0.15, -0.1) is 0 Å². The lowest BCUT2D eigenvalue weighted by Gasteiger charge is -2.06. The predicted octanol–water partition coefficient (Wildman–Crippen LogP) is 2.40. The van der Waals surface area contributed by atoms with Gasteiger partial charge in [0.15, 0.2) is 0 Å². The first-order chi connectivity index (χ1) is 8.22. The highest BCUT2D eigenvalue weighted by atomic mass is 16.4. The zero-order valence-electron chi connectivity index (χ0n) is 9.42. The van der Waals surface area contributed by atoms with Gasteiger partial charge in [0.05, 0.1) is 5.69 Å². The molecule has 17 heavy (non-hydrogen) atoms. The van der Waals surface area contributed by atoms with Gasteiger partial charge in [-0.1, -0.05) is 37.3 Å². The molecular weight excluding hydrogens is 216 g/mol. The molecule has 0 atom stereocenters. The second-order valence-corrected chi connectivity index (χ2v) is 3.57. The van der Waals surface area contributed by atoms with Crippen molar-refractivity contribution >= 4 is 5.97 Å².